The number of unbranched alkanes of at least 4 members (excludes halogenated alkanes) is 1. The van der Waals surface area contributed by atoms with E-state index in [0.29, 0.717) is 0 Å². The first-order chi connectivity index (χ1) is 9.70. The van der Waals surface area contributed by atoms with Crippen molar-refractivity contribution in [1.82, 2.24) is 0 Å². The summed E-state index contributed by atoms with van der Waals surface area (Å²) in [6.07, 6.45) is 3.37. The summed E-state index contributed by atoms with van der Waals surface area (Å²) in [7, 11) is 0. The van der Waals surface area contributed by atoms with Gasteiger partial charge < -0.3 is 5.32 Å². The lowest BCUT2D eigenvalue weighted by Crippen LogP contribution is -2.11. The Balaban J connectivity index is 2.21. The molecule has 0 bridgehead atoms. The minimum atomic E-state index is -0.194. The second kappa shape index (κ2) is 7.09. The number of hydrogen-bond acceptors (Lipinski definition) is 1. The first kappa shape index (κ1) is 14.6. The van der Waals surface area contributed by atoms with Crippen LogP contribution in [-0.4, -0.2) is 0 Å². The molecule has 1 N–H and O–H groups in total. The van der Waals surface area contributed by atoms with Crippen LogP contribution in [0.2, 0.25) is 0 Å². The molecule has 1 nitrogen and oxygen atoms in total. The summed E-state index contributed by atoms with van der Waals surface area (Å²) in [5, 5.41) is 3.50. The molecule has 2 aromatic carbocycles. The van der Waals surface area contributed by atoms with Gasteiger partial charge in [0.1, 0.15) is 5.82 Å². The topological polar surface area (TPSA) is 12.0 Å². The third-order valence-electron chi connectivity index (χ3n) is 3.58. The maximum atomic E-state index is 13.4. The number of nitrogens with one attached hydrogen (secondary N) is 1. The van der Waals surface area contributed by atoms with Crippen molar-refractivity contribution >= 4 is 5.69 Å². The molecule has 2 rings (SSSR count). The third-order valence-corrected chi connectivity index (χ3v) is 3.58. The molecule has 0 radical (unpaired) electrons. The number of rotatable bonds is 6. The van der Waals surface area contributed by atoms with E-state index in [1.54, 1.807) is 6.07 Å². The maximum Gasteiger partial charge on any atom is 0.125 e. The first-order valence-electron chi connectivity index (χ1n) is 7.28. The number of benzene rings is 2. The quantitative estimate of drug-likeness (QED) is 0.733. The van der Waals surface area contributed by atoms with Gasteiger partial charge in [-0.3, -0.25) is 0 Å². The van der Waals surface area contributed by atoms with E-state index >= 15 is 0 Å². The fourth-order valence-electron chi connectivity index (χ4n) is 2.35. The molecular weight excluding hydrogens is 249 g/mol. The van der Waals surface area contributed by atoms with Crippen LogP contribution in [0.5, 0.6) is 0 Å². The summed E-state index contributed by atoms with van der Waals surface area (Å²) in [6, 6.07) is 15.5. The molecule has 0 saturated carbocycles. The Bertz CT molecular complexity index is 536. The van der Waals surface area contributed by atoms with Crippen molar-refractivity contribution in [3.05, 3.63) is 65.5 Å². The van der Waals surface area contributed by atoms with Crippen molar-refractivity contribution in [2.45, 2.75) is 39.2 Å². The lowest BCUT2D eigenvalue weighted by Gasteiger charge is -2.21. The van der Waals surface area contributed by atoms with Crippen LogP contribution in [0.25, 0.3) is 0 Å². The fraction of sp³-hybridized carbons (Fsp3) is 0.333. The van der Waals surface area contributed by atoms with Gasteiger partial charge in [0.15, 0.2) is 0 Å². The lowest BCUT2D eigenvalue weighted by atomic mass is 10.0. The number of hydrogen-bond donors (Lipinski definition) is 1. The standard InChI is InChI=1S/C18H22FN/c1-3-4-10-17(15-8-6-5-7-9-15)20-18-13-16(19)12-11-14(18)2/h5-9,11-13,17,20H,3-4,10H2,1-2H3. The van der Waals surface area contributed by atoms with Crippen LogP contribution in [0.15, 0.2) is 48.5 Å². The summed E-state index contributed by atoms with van der Waals surface area (Å²) in [4.78, 5) is 0. The minimum absolute atomic E-state index is 0.194. The zero-order valence-electron chi connectivity index (χ0n) is 12.2. The zero-order valence-corrected chi connectivity index (χ0v) is 12.2. The molecule has 0 amide bonds. The zero-order chi connectivity index (χ0) is 14.4. The Kier molecular flexibility index (Phi) is 5.16. The summed E-state index contributed by atoms with van der Waals surface area (Å²) in [6.45, 7) is 4.19. The van der Waals surface area contributed by atoms with Crippen molar-refractivity contribution < 1.29 is 4.39 Å². The second-order valence-corrected chi connectivity index (χ2v) is 5.21. The third kappa shape index (κ3) is 3.83. The average Bonchev–Trinajstić information content (AvgIpc) is 2.48. The summed E-state index contributed by atoms with van der Waals surface area (Å²) in [5.41, 5.74) is 3.21. The smallest absolute Gasteiger partial charge is 0.125 e. The van der Waals surface area contributed by atoms with Crippen LogP contribution < -0.4 is 5.32 Å². The molecule has 20 heavy (non-hydrogen) atoms. The summed E-state index contributed by atoms with van der Waals surface area (Å²) in [5.74, 6) is -0.194. The van der Waals surface area contributed by atoms with E-state index in [2.05, 4.69) is 24.4 Å². The lowest BCUT2D eigenvalue weighted by molar-refractivity contribution is 0.621. The van der Waals surface area contributed by atoms with Crippen LogP contribution >= 0.6 is 0 Å². The van der Waals surface area contributed by atoms with Gasteiger partial charge in [0, 0.05) is 5.69 Å². The van der Waals surface area contributed by atoms with E-state index in [-0.39, 0.29) is 11.9 Å². The monoisotopic (exact) mass is 271 g/mol. The van der Waals surface area contributed by atoms with Crippen molar-refractivity contribution in [2.75, 3.05) is 5.32 Å². The van der Waals surface area contributed by atoms with Crippen molar-refractivity contribution in [1.29, 1.82) is 0 Å². The Labute approximate surface area is 120 Å². The maximum absolute atomic E-state index is 13.4. The van der Waals surface area contributed by atoms with Gasteiger partial charge in [-0.05, 0) is 36.6 Å². The van der Waals surface area contributed by atoms with E-state index in [4.69, 9.17) is 0 Å². The molecule has 0 fully saturated rings. The average molecular weight is 271 g/mol. The van der Waals surface area contributed by atoms with E-state index < -0.39 is 0 Å². The van der Waals surface area contributed by atoms with Crippen molar-refractivity contribution in [3.8, 4) is 0 Å². The number of halogens is 1. The summed E-state index contributed by atoms with van der Waals surface area (Å²) >= 11 is 0. The van der Waals surface area contributed by atoms with Gasteiger partial charge in [-0.1, -0.05) is 56.2 Å². The van der Waals surface area contributed by atoms with E-state index in [1.807, 2.05) is 31.2 Å². The molecule has 0 aliphatic carbocycles. The van der Waals surface area contributed by atoms with Gasteiger partial charge in [0.25, 0.3) is 0 Å². The van der Waals surface area contributed by atoms with Crippen LogP contribution in [0.1, 0.15) is 43.4 Å². The van der Waals surface area contributed by atoms with Crippen LogP contribution in [0, 0.1) is 12.7 Å². The second-order valence-electron chi connectivity index (χ2n) is 5.21. The molecule has 1 atom stereocenters. The molecule has 1 unspecified atom stereocenters. The van der Waals surface area contributed by atoms with Gasteiger partial charge >= 0.3 is 0 Å². The van der Waals surface area contributed by atoms with E-state index in [1.165, 1.54) is 11.6 Å². The SMILES string of the molecule is CCCCC(Nc1cc(F)ccc1C)c1ccccc1. The van der Waals surface area contributed by atoms with Gasteiger partial charge in [-0.15, -0.1) is 0 Å². The highest BCUT2D eigenvalue weighted by Crippen LogP contribution is 2.26. The Morgan fingerprint density at radius 3 is 2.55 bits per heavy atom. The van der Waals surface area contributed by atoms with Gasteiger partial charge in [-0.2, -0.15) is 0 Å². The molecule has 0 heterocycles. The highest BCUT2D eigenvalue weighted by atomic mass is 19.1. The Hall–Kier alpha value is -1.83. The van der Waals surface area contributed by atoms with Gasteiger partial charge in [0.2, 0.25) is 0 Å². The number of anilines is 1. The molecule has 0 saturated heterocycles. The molecule has 0 spiro atoms. The van der Waals surface area contributed by atoms with Crippen molar-refractivity contribution in [2.24, 2.45) is 0 Å². The molecule has 0 aliphatic heterocycles. The molecule has 2 heteroatoms. The normalized spacial score (nSPS) is 12.2. The van der Waals surface area contributed by atoms with Crippen molar-refractivity contribution in [3.63, 3.8) is 0 Å². The predicted octanol–water partition coefficient (Wildman–Crippen LogP) is 5.48. The van der Waals surface area contributed by atoms with Crippen LogP contribution in [0.3, 0.4) is 0 Å². The molecule has 0 aliphatic rings. The number of aryl methyl sites for hydroxylation is 1. The fourth-order valence-corrected chi connectivity index (χ4v) is 2.35. The predicted molar refractivity (Wildman–Crippen MR) is 83.5 cm³/mol. The molecule has 0 aromatic heterocycles. The van der Waals surface area contributed by atoms with E-state index in [0.717, 1.165) is 30.5 Å². The highest BCUT2D eigenvalue weighted by Gasteiger charge is 2.12. The largest absolute Gasteiger partial charge is 0.378 e. The van der Waals surface area contributed by atoms with Crippen LogP contribution in [-0.2, 0) is 0 Å². The Morgan fingerprint density at radius 1 is 1.10 bits per heavy atom. The summed E-state index contributed by atoms with van der Waals surface area (Å²) < 4.78 is 13.4. The highest BCUT2D eigenvalue weighted by molar-refractivity contribution is 5.52. The molecule has 2 aromatic rings. The van der Waals surface area contributed by atoms with Gasteiger partial charge in [0.05, 0.1) is 6.04 Å². The molecule has 106 valence electrons. The molecular formula is C18H22FN. The van der Waals surface area contributed by atoms with Crippen LogP contribution in [0.4, 0.5) is 10.1 Å². The van der Waals surface area contributed by atoms with E-state index in [9.17, 15) is 4.39 Å². The first-order valence-corrected chi connectivity index (χ1v) is 7.28. The van der Waals surface area contributed by atoms with Gasteiger partial charge in [-0.25, -0.2) is 4.39 Å². The minimum Gasteiger partial charge on any atom is -0.378 e. The Morgan fingerprint density at radius 2 is 1.85 bits per heavy atom.